The number of halogens is 1. The summed E-state index contributed by atoms with van der Waals surface area (Å²) in [6.45, 7) is 0.998. The van der Waals surface area contributed by atoms with Crippen LogP contribution in [0, 0.1) is 22.7 Å². The van der Waals surface area contributed by atoms with Crippen molar-refractivity contribution in [2.45, 2.75) is 25.9 Å². The van der Waals surface area contributed by atoms with Crippen LogP contribution in [0.3, 0.4) is 0 Å². The molecule has 5 rings (SSSR count). The summed E-state index contributed by atoms with van der Waals surface area (Å²) in [5.74, 6) is 0. The summed E-state index contributed by atoms with van der Waals surface area (Å²) in [5.41, 5.74) is 4.42. The zero-order valence-corrected chi connectivity index (χ0v) is 18.9. The van der Waals surface area contributed by atoms with Crippen LogP contribution in [0.25, 0.3) is 27.6 Å². The molecule has 0 amide bonds. The van der Waals surface area contributed by atoms with Crippen LogP contribution >= 0.6 is 11.6 Å². The van der Waals surface area contributed by atoms with Gasteiger partial charge in [0.25, 0.3) is 0 Å². The normalized spacial score (nSPS) is 11.0. The van der Waals surface area contributed by atoms with Crippen molar-refractivity contribution >= 4 is 33.5 Å². The van der Waals surface area contributed by atoms with Crippen molar-refractivity contribution in [3.63, 3.8) is 0 Å². The van der Waals surface area contributed by atoms with Crippen LogP contribution in [0.5, 0.6) is 0 Å². The van der Waals surface area contributed by atoms with Gasteiger partial charge in [0.2, 0.25) is 0 Å². The number of fused-ring (bicyclic) bond motifs is 2. The number of imidazole rings is 1. The van der Waals surface area contributed by atoms with Gasteiger partial charge in [-0.2, -0.15) is 10.5 Å². The number of rotatable bonds is 6. The van der Waals surface area contributed by atoms with E-state index in [9.17, 15) is 4.79 Å². The van der Waals surface area contributed by atoms with Gasteiger partial charge in [0.1, 0.15) is 0 Å². The molecule has 34 heavy (non-hydrogen) atoms. The number of hydrogen-bond donors (Lipinski definition) is 0. The fraction of sp³-hybridized carbons (Fsp3) is 0.154. The quantitative estimate of drug-likeness (QED) is 0.328. The van der Waals surface area contributed by atoms with Crippen molar-refractivity contribution in [3.05, 3.63) is 93.8 Å². The highest BCUT2D eigenvalue weighted by atomic mass is 35.5. The molecule has 0 saturated heterocycles. The number of benzene rings is 2. The molecule has 3 aromatic heterocycles. The van der Waals surface area contributed by atoms with Crippen molar-refractivity contribution in [1.29, 1.82) is 10.5 Å². The molecule has 0 atom stereocenters. The van der Waals surface area contributed by atoms with Gasteiger partial charge in [-0.05, 0) is 61.0 Å². The molecule has 0 fully saturated rings. The standard InChI is InChI=1S/C26H19ClN6O/c27-20-5-8-23-19(13-20)14-22(31(23)12-2-1-10-28)17-32-25-16-30-11-9-24(25)33(26(32)34)21-6-3-18(15-29)4-7-21/h3-9,11,13-14,16H,1-2,12,17H2. The zero-order chi connectivity index (χ0) is 23.7. The second kappa shape index (κ2) is 8.90. The first-order valence-electron chi connectivity index (χ1n) is 10.8. The lowest BCUT2D eigenvalue weighted by atomic mass is 10.2. The van der Waals surface area contributed by atoms with E-state index in [1.54, 1.807) is 45.8 Å². The fourth-order valence-electron chi connectivity index (χ4n) is 4.36. The molecule has 166 valence electrons. The molecule has 0 N–H and O–H groups in total. The lowest BCUT2D eigenvalue weighted by Crippen LogP contribution is -2.24. The molecule has 0 aliphatic carbocycles. The maximum atomic E-state index is 13.6. The van der Waals surface area contributed by atoms with Gasteiger partial charge in [0.05, 0.1) is 47.2 Å². The minimum Gasteiger partial charge on any atom is -0.343 e. The van der Waals surface area contributed by atoms with E-state index in [0.29, 0.717) is 47.7 Å². The predicted octanol–water partition coefficient (Wildman–Crippen LogP) is 5.02. The predicted molar refractivity (Wildman–Crippen MR) is 131 cm³/mol. The van der Waals surface area contributed by atoms with Crippen molar-refractivity contribution in [3.8, 4) is 17.8 Å². The molecule has 8 heteroatoms. The molecule has 0 aliphatic heterocycles. The summed E-state index contributed by atoms with van der Waals surface area (Å²) >= 11 is 6.22. The van der Waals surface area contributed by atoms with Crippen LogP contribution in [0.15, 0.2) is 71.8 Å². The van der Waals surface area contributed by atoms with Gasteiger partial charge < -0.3 is 4.57 Å². The summed E-state index contributed by atoms with van der Waals surface area (Å²) in [6, 6.07) is 20.8. The molecule has 3 heterocycles. The van der Waals surface area contributed by atoms with Gasteiger partial charge in [-0.25, -0.2) is 4.79 Å². The minimum absolute atomic E-state index is 0.195. The number of aryl methyl sites for hydroxylation is 1. The molecule has 0 bridgehead atoms. The number of pyridine rings is 1. The molecule has 0 radical (unpaired) electrons. The Morgan fingerprint density at radius 3 is 2.53 bits per heavy atom. The van der Waals surface area contributed by atoms with E-state index in [-0.39, 0.29) is 5.69 Å². The first-order chi connectivity index (χ1) is 16.6. The second-order valence-corrected chi connectivity index (χ2v) is 8.42. The van der Waals surface area contributed by atoms with Crippen molar-refractivity contribution in [2.24, 2.45) is 0 Å². The third-order valence-corrected chi connectivity index (χ3v) is 6.16. The van der Waals surface area contributed by atoms with Crippen LogP contribution in [-0.2, 0) is 13.1 Å². The minimum atomic E-state index is -0.195. The van der Waals surface area contributed by atoms with Crippen LogP contribution in [0.2, 0.25) is 5.02 Å². The van der Waals surface area contributed by atoms with Crippen LogP contribution < -0.4 is 5.69 Å². The van der Waals surface area contributed by atoms with Crippen LogP contribution in [0.4, 0.5) is 0 Å². The molecule has 5 aromatic rings. The van der Waals surface area contributed by atoms with Crippen LogP contribution in [0.1, 0.15) is 24.1 Å². The molecule has 0 aliphatic rings. The summed E-state index contributed by atoms with van der Waals surface area (Å²) in [5, 5.41) is 19.7. The average Bonchev–Trinajstić information content (AvgIpc) is 3.33. The van der Waals surface area contributed by atoms with E-state index >= 15 is 0 Å². The lowest BCUT2D eigenvalue weighted by molar-refractivity contribution is 0.621. The number of hydrogen-bond acceptors (Lipinski definition) is 4. The number of unbranched alkanes of at least 4 members (excludes halogenated alkanes) is 1. The molecular weight excluding hydrogens is 448 g/mol. The molecule has 0 spiro atoms. The molecular formula is C26H19ClN6O. The van der Waals surface area contributed by atoms with Crippen molar-refractivity contribution < 1.29 is 0 Å². The van der Waals surface area contributed by atoms with E-state index in [0.717, 1.165) is 22.1 Å². The second-order valence-electron chi connectivity index (χ2n) is 7.98. The third kappa shape index (κ3) is 3.73. The maximum Gasteiger partial charge on any atom is 0.334 e. The molecule has 2 aromatic carbocycles. The first kappa shape index (κ1) is 21.5. The smallest absolute Gasteiger partial charge is 0.334 e. The Bertz CT molecular complexity index is 1660. The fourth-order valence-corrected chi connectivity index (χ4v) is 4.54. The largest absolute Gasteiger partial charge is 0.343 e. The van der Waals surface area contributed by atoms with Gasteiger partial charge in [-0.3, -0.25) is 14.1 Å². The van der Waals surface area contributed by atoms with Crippen molar-refractivity contribution in [1.82, 2.24) is 18.7 Å². The Morgan fingerprint density at radius 1 is 0.941 bits per heavy atom. The Labute approximate surface area is 200 Å². The Morgan fingerprint density at radius 2 is 1.76 bits per heavy atom. The number of nitriles is 2. The lowest BCUT2D eigenvalue weighted by Gasteiger charge is -2.11. The monoisotopic (exact) mass is 466 g/mol. The Kier molecular flexibility index (Phi) is 5.63. The first-order valence-corrected chi connectivity index (χ1v) is 11.2. The van der Waals surface area contributed by atoms with Gasteiger partial charge in [-0.15, -0.1) is 0 Å². The Balaban J connectivity index is 1.66. The summed E-state index contributed by atoms with van der Waals surface area (Å²) in [6.07, 6.45) is 4.51. The highest BCUT2D eigenvalue weighted by Crippen LogP contribution is 2.26. The average molecular weight is 467 g/mol. The SMILES string of the molecule is N#CCCCn1c(Cn2c(=O)n(-c3ccc(C#N)cc3)c3ccncc32)cc2cc(Cl)ccc21. The highest BCUT2D eigenvalue weighted by Gasteiger charge is 2.18. The summed E-state index contributed by atoms with van der Waals surface area (Å²) in [4.78, 5) is 17.9. The molecule has 0 saturated carbocycles. The van der Waals surface area contributed by atoms with E-state index in [4.69, 9.17) is 22.1 Å². The van der Waals surface area contributed by atoms with E-state index < -0.39 is 0 Å². The Hall–Kier alpha value is -4.33. The summed E-state index contributed by atoms with van der Waals surface area (Å²) < 4.78 is 5.49. The zero-order valence-electron chi connectivity index (χ0n) is 18.1. The highest BCUT2D eigenvalue weighted by molar-refractivity contribution is 6.31. The van der Waals surface area contributed by atoms with E-state index in [1.807, 2.05) is 30.3 Å². The number of aromatic nitrogens is 4. The van der Waals surface area contributed by atoms with Gasteiger partial charge in [0.15, 0.2) is 0 Å². The van der Waals surface area contributed by atoms with Gasteiger partial charge >= 0.3 is 5.69 Å². The number of nitrogens with zero attached hydrogens (tertiary/aromatic N) is 6. The summed E-state index contributed by atoms with van der Waals surface area (Å²) in [7, 11) is 0. The third-order valence-electron chi connectivity index (χ3n) is 5.93. The topological polar surface area (TPSA) is 92.3 Å². The van der Waals surface area contributed by atoms with Gasteiger partial charge in [-0.1, -0.05) is 11.6 Å². The maximum absolute atomic E-state index is 13.6. The van der Waals surface area contributed by atoms with Crippen molar-refractivity contribution in [2.75, 3.05) is 0 Å². The molecule has 7 nitrogen and oxygen atoms in total. The van der Waals surface area contributed by atoms with Crippen LogP contribution in [-0.4, -0.2) is 18.7 Å². The van der Waals surface area contributed by atoms with E-state index in [1.165, 1.54) is 0 Å². The van der Waals surface area contributed by atoms with Gasteiger partial charge in [0, 0.05) is 40.8 Å². The van der Waals surface area contributed by atoms with E-state index in [2.05, 4.69) is 21.7 Å². The molecule has 0 unspecified atom stereocenters.